The number of carbonyl (C=O) groups excluding carboxylic acids is 2. The lowest BCUT2D eigenvalue weighted by Gasteiger charge is -2.33. The van der Waals surface area contributed by atoms with Crippen LogP contribution in [0.2, 0.25) is 0 Å². The van der Waals surface area contributed by atoms with Gasteiger partial charge >= 0.3 is 6.09 Å². The van der Waals surface area contributed by atoms with Gasteiger partial charge in [-0.25, -0.2) is 4.79 Å². The molecule has 2 rings (SSSR count). The highest BCUT2D eigenvalue weighted by Crippen LogP contribution is 2.18. The molecule has 0 unspecified atom stereocenters. The van der Waals surface area contributed by atoms with E-state index in [9.17, 15) is 9.59 Å². The Balaban J connectivity index is 1.96. The second-order valence-electron chi connectivity index (χ2n) is 4.66. The van der Waals surface area contributed by atoms with Gasteiger partial charge in [0.15, 0.2) is 5.69 Å². The number of hydrogen-bond donors (Lipinski definition) is 0. The first-order valence-corrected chi connectivity index (χ1v) is 7.80. The number of hydrogen-bond acceptors (Lipinski definition) is 4. The molecule has 0 saturated carbocycles. The minimum atomic E-state index is -0.318. The molecule has 1 saturated heterocycles. The van der Waals surface area contributed by atoms with Crippen molar-refractivity contribution in [3.63, 3.8) is 0 Å². The van der Waals surface area contributed by atoms with E-state index in [0.29, 0.717) is 49.5 Å². The topological polar surface area (TPSA) is 67.7 Å². The van der Waals surface area contributed by atoms with Gasteiger partial charge in [0, 0.05) is 38.9 Å². The molecule has 1 aliphatic heterocycles. The molecule has 1 aliphatic rings. The summed E-state index contributed by atoms with van der Waals surface area (Å²) in [6.07, 6.45) is 1.48. The monoisotopic (exact) mass is 358 g/mol. The molecular weight excluding hydrogens is 340 g/mol. The average Bonchev–Trinajstić information content (AvgIpc) is 2.88. The first-order chi connectivity index (χ1) is 10.1. The van der Waals surface area contributed by atoms with Gasteiger partial charge in [-0.3, -0.25) is 9.48 Å². The van der Waals surface area contributed by atoms with Gasteiger partial charge in [-0.05, 0) is 29.8 Å². The lowest BCUT2D eigenvalue weighted by Crippen LogP contribution is -2.50. The van der Waals surface area contributed by atoms with Crippen LogP contribution in [-0.2, 0) is 11.3 Å². The Morgan fingerprint density at radius 1 is 1.24 bits per heavy atom. The van der Waals surface area contributed by atoms with E-state index in [-0.39, 0.29) is 12.0 Å². The van der Waals surface area contributed by atoms with E-state index in [2.05, 4.69) is 21.0 Å². The van der Waals surface area contributed by atoms with Crippen LogP contribution < -0.4 is 0 Å². The molecule has 0 radical (unpaired) electrons. The molecule has 21 heavy (non-hydrogen) atoms. The van der Waals surface area contributed by atoms with Crippen LogP contribution in [0.5, 0.6) is 0 Å². The predicted molar refractivity (Wildman–Crippen MR) is 80.1 cm³/mol. The SMILES string of the molecule is CCOC(=O)N1CCN(C(=O)c2nn(CC)cc2Br)CC1. The number of nitrogens with zero attached hydrogens (tertiary/aromatic N) is 4. The van der Waals surface area contributed by atoms with Crippen molar-refractivity contribution in [1.82, 2.24) is 19.6 Å². The molecule has 8 heteroatoms. The van der Waals surface area contributed by atoms with Gasteiger partial charge in [0.2, 0.25) is 0 Å². The van der Waals surface area contributed by atoms with Crippen molar-refractivity contribution in [1.29, 1.82) is 0 Å². The smallest absolute Gasteiger partial charge is 0.409 e. The van der Waals surface area contributed by atoms with Crippen LogP contribution in [0.25, 0.3) is 0 Å². The summed E-state index contributed by atoms with van der Waals surface area (Å²) >= 11 is 3.37. The molecule has 0 aromatic carbocycles. The van der Waals surface area contributed by atoms with E-state index < -0.39 is 0 Å². The van der Waals surface area contributed by atoms with Crippen LogP contribution in [0, 0.1) is 0 Å². The summed E-state index contributed by atoms with van der Waals surface area (Å²) in [5, 5.41) is 4.26. The van der Waals surface area contributed by atoms with Crippen molar-refractivity contribution in [3.05, 3.63) is 16.4 Å². The zero-order valence-corrected chi connectivity index (χ0v) is 13.8. The second-order valence-corrected chi connectivity index (χ2v) is 5.51. The van der Waals surface area contributed by atoms with Crippen LogP contribution in [-0.4, -0.2) is 64.4 Å². The van der Waals surface area contributed by atoms with Gasteiger partial charge in [0.05, 0.1) is 11.1 Å². The third-order valence-corrected chi connectivity index (χ3v) is 3.92. The molecule has 1 aromatic rings. The maximum atomic E-state index is 12.4. The number of carbonyl (C=O) groups is 2. The summed E-state index contributed by atoms with van der Waals surface area (Å²) in [6.45, 7) is 6.76. The molecule has 7 nitrogen and oxygen atoms in total. The standard InChI is InChI=1S/C13H19BrN4O3/c1-3-18-9-10(14)11(15-18)12(19)16-5-7-17(8-6-16)13(20)21-4-2/h9H,3-8H2,1-2H3. The van der Waals surface area contributed by atoms with E-state index in [1.807, 2.05) is 6.92 Å². The highest BCUT2D eigenvalue weighted by Gasteiger charge is 2.27. The van der Waals surface area contributed by atoms with Crippen LogP contribution in [0.3, 0.4) is 0 Å². The number of piperazine rings is 1. The zero-order valence-electron chi connectivity index (χ0n) is 12.2. The fraction of sp³-hybridized carbons (Fsp3) is 0.615. The quantitative estimate of drug-likeness (QED) is 0.822. The van der Waals surface area contributed by atoms with Gasteiger partial charge in [-0.15, -0.1) is 0 Å². The van der Waals surface area contributed by atoms with Crippen molar-refractivity contribution in [3.8, 4) is 0 Å². The Morgan fingerprint density at radius 3 is 2.38 bits per heavy atom. The highest BCUT2D eigenvalue weighted by molar-refractivity contribution is 9.10. The van der Waals surface area contributed by atoms with Gasteiger partial charge < -0.3 is 14.5 Å². The highest BCUT2D eigenvalue weighted by atomic mass is 79.9. The summed E-state index contributed by atoms with van der Waals surface area (Å²) in [5.41, 5.74) is 0.418. The molecule has 0 atom stereocenters. The third kappa shape index (κ3) is 3.55. The molecule has 2 amide bonds. The van der Waals surface area contributed by atoms with E-state index in [1.54, 1.807) is 27.6 Å². The Labute approximate surface area is 132 Å². The molecule has 0 spiro atoms. The molecule has 0 aliphatic carbocycles. The lowest BCUT2D eigenvalue weighted by molar-refractivity contribution is 0.0564. The van der Waals surface area contributed by atoms with Crippen LogP contribution in [0.1, 0.15) is 24.3 Å². The van der Waals surface area contributed by atoms with Gasteiger partial charge in [-0.2, -0.15) is 5.10 Å². The maximum Gasteiger partial charge on any atom is 0.409 e. The first-order valence-electron chi connectivity index (χ1n) is 7.00. The van der Waals surface area contributed by atoms with E-state index in [4.69, 9.17) is 4.74 Å². The number of ether oxygens (including phenoxy) is 1. The van der Waals surface area contributed by atoms with Gasteiger partial charge in [0.1, 0.15) is 0 Å². The lowest BCUT2D eigenvalue weighted by atomic mass is 10.3. The molecular formula is C13H19BrN4O3. The first kappa shape index (κ1) is 15.8. The molecule has 116 valence electrons. The predicted octanol–water partition coefficient (Wildman–Crippen LogP) is 1.58. The number of aromatic nitrogens is 2. The summed E-state index contributed by atoms with van der Waals surface area (Å²) < 4.78 is 7.37. The molecule has 2 heterocycles. The van der Waals surface area contributed by atoms with E-state index >= 15 is 0 Å². The maximum absolute atomic E-state index is 12.4. The zero-order chi connectivity index (χ0) is 15.4. The number of halogens is 1. The summed E-state index contributed by atoms with van der Waals surface area (Å²) in [7, 11) is 0. The minimum Gasteiger partial charge on any atom is -0.450 e. The van der Waals surface area contributed by atoms with Crippen molar-refractivity contribution in [2.24, 2.45) is 0 Å². The Kier molecular flexibility index (Phi) is 5.22. The van der Waals surface area contributed by atoms with Crippen LogP contribution in [0.4, 0.5) is 4.79 Å². The summed E-state index contributed by atoms with van der Waals surface area (Å²) in [6, 6.07) is 0. The molecule has 1 aromatic heterocycles. The van der Waals surface area contributed by atoms with Crippen molar-refractivity contribution < 1.29 is 14.3 Å². The molecule has 0 bridgehead atoms. The van der Waals surface area contributed by atoms with Crippen LogP contribution >= 0.6 is 15.9 Å². The van der Waals surface area contributed by atoms with Gasteiger partial charge in [-0.1, -0.05) is 0 Å². The van der Waals surface area contributed by atoms with E-state index in [1.165, 1.54) is 0 Å². The number of rotatable bonds is 3. The largest absolute Gasteiger partial charge is 0.450 e. The van der Waals surface area contributed by atoms with Crippen molar-refractivity contribution in [2.45, 2.75) is 20.4 Å². The average molecular weight is 359 g/mol. The van der Waals surface area contributed by atoms with E-state index in [0.717, 1.165) is 0 Å². The summed E-state index contributed by atoms with van der Waals surface area (Å²) in [5.74, 6) is -0.113. The fourth-order valence-electron chi connectivity index (χ4n) is 2.16. The Bertz CT molecular complexity index is 523. The molecule has 0 N–H and O–H groups in total. The third-order valence-electron chi connectivity index (χ3n) is 3.34. The van der Waals surface area contributed by atoms with Gasteiger partial charge in [0.25, 0.3) is 5.91 Å². The summed E-state index contributed by atoms with van der Waals surface area (Å²) in [4.78, 5) is 27.4. The Hall–Kier alpha value is -1.57. The molecule has 1 fully saturated rings. The minimum absolute atomic E-state index is 0.113. The Morgan fingerprint density at radius 2 is 1.86 bits per heavy atom. The second kappa shape index (κ2) is 6.93. The fourth-order valence-corrected chi connectivity index (χ4v) is 2.65. The normalized spacial score (nSPS) is 15.2. The number of aryl methyl sites for hydroxylation is 1. The van der Waals surface area contributed by atoms with Crippen LogP contribution in [0.15, 0.2) is 10.7 Å². The van der Waals surface area contributed by atoms with Crippen molar-refractivity contribution >= 4 is 27.9 Å². The van der Waals surface area contributed by atoms with Crippen molar-refractivity contribution in [2.75, 3.05) is 32.8 Å². The number of amides is 2.